The van der Waals surface area contributed by atoms with Gasteiger partial charge in [-0.3, -0.25) is 19.9 Å². The Morgan fingerprint density at radius 3 is 2.54 bits per heavy atom. The Morgan fingerprint density at radius 1 is 1.08 bits per heavy atom. The predicted octanol–water partition coefficient (Wildman–Crippen LogP) is 5.81. The molecule has 0 saturated carbocycles. The van der Waals surface area contributed by atoms with Crippen molar-refractivity contribution in [1.82, 2.24) is 25.0 Å². The zero-order valence-electron chi connectivity index (χ0n) is 30.3. The first-order valence-electron chi connectivity index (χ1n) is 17.9. The number of carbonyl (C=O) groups excluding carboxylic acids is 2. The van der Waals surface area contributed by atoms with Crippen LogP contribution in [0.1, 0.15) is 57.2 Å². The fourth-order valence-corrected chi connectivity index (χ4v) is 7.44. The van der Waals surface area contributed by atoms with Gasteiger partial charge in [0.1, 0.15) is 5.01 Å². The van der Waals surface area contributed by atoms with Gasteiger partial charge in [-0.25, -0.2) is 4.98 Å². The number of hydrogen-bond acceptors (Lipinski definition) is 11. The normalized spacial score (nSPS) is 16.1. The van der Waals surface area contributed by atoms with Gasteiger partial charge in [0.15, 0.2) is 0 Å². The van der Waals surface area contributed by atoms with Crippen LogP contribution in [0.15, 0.2) is 66.9 Å². The van der Waals surface area contributed by atoms with Crippen molar-refractivity contribution in [2.75, 3.05) is 61.8 Å². The lowest BCUT2D eigenvalue weighted by Crippen LogP contribution is -2.42. The molecule has 0 spiro atoms. The van der Waals surface area contributed by atoms with Crippen LogP contribution in [-0.2, 0) is 9.59 Å². The zero-order valence-corrected chi connectivity index (χ0v) is 31.1. The Kier molecular flexibility index (Phi) is 11.6. The van der Waals surface area contributed by atoms with Gasteiger partial charge in [-0.2, -0.15) is 0 Å². The summed E-state index contributed by atoms with van der Waals surface area (Å²) < 4.78 is 5.64. The average Bonchev–Trinajstić information content (AvgIpc) is 3.83. The topological polar surface area (TPSA) is 154 Å². The Labute approximate surface area is 309 Å². The fraction of sp³-hybridized carbons (Fsp3) is 0.385. The van der Waals surface area contributed by atoms with Crippen molar-refractivity contribution in [3.63, 3.8) is 0 Å². The minimum absolute atomic E-state index is 0.00227. The van der Waals surface area contributed by atoms with E-state index in [2.05, 4.69) is 55.7 Å². The number of ether oxygens (including phenoxy) is 1. The maximum atomic E-state index is 13.9. The molecule has 2 aliphatic heterocycles. The number of nitrogen functional groups attached to an aromatic ring is 1. The first kappa shape index (κ1) is 36.6. The Morgan fingerprint density at radius 2 is 1.87 bits per heavy atom. The number of rotatable bonds is 13. The highest BCUT2D eigenvalue weighted by atomic mass is 32.1. The minimum atomic E-state index is -0.226. The van der Waals surface area contributed by atoms with E-state index in [1.165, 1.54) is 5.57 Å². The van der Waals surface area contributed by atoms with Gasteiger partial charge in [0.25, 0.3) is 0 Å². The summed E-state index contributed by atoms with van der Waals surface area (Å²) in [5.74, 6) is 0.361. The van der Waals surface area contributed by atoms with Crippen LogP contribution in [0.3, 0.4) is 0 Å². The smallest absolute Gasteiger partial charge is 0.237 e. The van der Waals surface area contributed by atoms with E-state index < -0.39 is 0 Å². The Bertz CT molecular complexity index is 1920. The second-order valence-corrected chi connectivity index (χ2v) is 14.3. The SMILES string of the molecule is CCNc1nnc(-c2ccc(C3=CCN(C(=O)CN4CCC(C(=O)N(CC)c5ccc(N)c(C(=N)c6ccc(OC(C)C)nc6)c5)C4)CC3)cc2)s1. The van der Waals surface area contributed by atoms with Gasteiger partial charge in [0.05, 0.1) is 24.3 Å². The molecular weight excluding hydrogens is 675 g/mol. The lowest BCUT2D eigenvalue weighted by Gasteiger charge is -2.29. The summed E-state index contributed by atoms with van der Waals surface area (Å²) in [6.45, 7) is 11.9. The number of aromatic nitrogens is 3. The van der Waals surface area contributed by atoms with Crippen LogP contribution < -0.4 is 20.7 Å². The highest BCUT2D eigenvalue weighted by Gasteiger charge is 2.33. The third kappa shape index (κ3) is 8.48. The van der Waals surface area contributed by atoms with E-state index in [0.29, 0.717) is 74.1 Å². The van der Waals surface area contributed by atoms with Gasteiger partial charge in [-0.15, -0.1) is 10.2 Å². The molecular formula is C39H47N9O3S. The summed E-state index contributed by atoms with van der Waals surface area (Å²) in [6, 6.07) is 17.3. The van der Waals surface area contributed by atoms with Crippen LogP contribution in [0.25, 0.3) is 16.1 Å². The number of carbonyl (C=O) groups is 2. The largest absolute Gasteiger partial charge is 0.475 e. The number of nitrogens with two attached hydrogens (primary N) is 1. The third-order valence-electron chi connectivity index (χ3n) is 9.38. The molecule has 2 aliphatic rings. The molecule has 1 atom stereocenters. The van der Waals surface area contributed by atoms with Crippen LogP contribution in [0, 0.1) is 11.3 Å². The second kappa shape index (κ2) is 16.5. The molecule has 12 nitrogen and oxygen atoms in total. The number of hydrogen-bond donors (Lipinski definition) is 3. The fourth-order valence-electron chi connectivity index (χ4n) is 6.63. The van der Waals surface area contributed by atoms with Crippen molar-refractivity contribution < 1.29 is 14.3 Å². The summed E-state index contributed by atoms with van der Waals surface area (Å²) >= 11 is 1.54. The van der Waals surface area contributed by atoms with Crippen molar-refractivity contribution in [2.24, 2.45) is 5.92 Å². The van der Waals surface area contributed by atoms with Crippen LogP contribution in [0.5, 0.6) is 5.88 Å². The predicted molar refractivity (Wildman–Crippen MR) is 208 cm³/mol. The zero-order chi connectivity index (χ0) is 36.8. The molecule has 272 valence electrons. The van der Waals surface area contributed by atoms with Crippen LogP contribution in [-0.4, -0.2) is 94.4 Å². The number of likely N-dealkylation sites (tertiary alicyclic amines) is 1. The maximum absolute atomic E-state index is 13.9. The summed E-state index contributed by atoms with van der Waals surface area (Å²) in [5, 5.41) is 22.2. The molecule has 1 unspecified atom stereocenters. The van der Waals surface area contributed by atoms with E-state index in [1.807, 2.05) is 38.7 Å². The summed E-state index contributed by atoms with van der Waals surface area (Å²) in [6.07, 6.45) is 5.22. The van der Waals surface area contributed by atoms with Gasteiger partial charge >= 0.3 is 0 Å². The molecule has 4 heterocycles. The Balaban J connectivity index is 1.02. The van der Waals surface area contributed by atoms with E-state index in [0.717, 1.165) is 34.2 Å². The number of nitrogens with zero attached hydrogens (tertiary/aromatic N) is 6. The molecule has 52 heavy (non-hydrogen) atoms. The first-order chi connectivity index (χ1) is 25.1. The second-order valence-electron chi connectivity index (χ2n) is 13.3. The van der Waals surface area contributed by atoms with E-state index in [1.54, 1.807) is 46.7 Å². The van der Waals surface area contributed by atoms with Crippen molar-refractivity contribution in [1.29, 1.82) is 5.41 Å². The number of pyridine rings is 1. The summed E-state index contributed by atoms with van der Waals surface area (Å²) in [5.41, 5.74) is 12.2. The molecule has 2 aromatic carbocycles. The first-order valence-corrected chi connectivity index (χ1v) is 18.7. The minimum Gasteiger partial charge on any atom is -0.475 e. The van der Waals surface area contributed by atoms with Crippen molar-refractivity contribution in [2.45, 2.75) is 46.6 Å². The van der Waals surface area contributed by atoms with Gasteiger partial charge in [0.2, 0.25) is 22.8 Å². The van der Waals surface area contributed by atoms with E-state index in [4.69, 9.17) is 15.9 Å². The van der Waals surface area contributed by atoms with Crippen LogP contribution in [0.4, 0.5) is 16.5 Å². The van der Waals surface area contributed by atoms with E-state index in [9.17, 15) is 9.59 Å². The summed E-state index contributed by atoms with van der Waals surface area (Å²) in [7, 11) is 0. The third-order valence-corrected chi connectivity index (χ3v) is 10.3. The molecule has 13 heteroatoms. The van der Waals surface area contributed by atoms with Gasteiger partial charge in [-0.1, -0.05) is 41.7 Å². The van der Waals surface area contributed by atoms with Gasteiger partial charge < -0.3 is 25.6 Å². The average molecular weight is 722 g/mol. The molecule has 0 aliphatic carbocycles. The van der Waals surface area contributed by atoms with Gasteiger partial charge in [0, 0.05) is 73.1 Å². The quantitative estimate of drug-likeness (QED) is 0.115. The highest BCUT2D eigenvalue weighted by Crippen LogP contribution is 2.30. The molecule has 0 radical (unpaired) electrons. The molecule has 1 fully saturated rings. The lowest BCUT2D eigenvalue weighted by atomic mass is 9.98. The van der Waals surface area contributed by atoms with Crippen molar-refractivity contribution in [3.05, 3.63) is 83.6 Å². The van der Waals surface area contributed by atoms with Crippen molar-refractivity contribution >= 4 is 50.9 Å². The molecule has 4 N–H and O–H groups in total. The number of anilines is 3. The molecule has 4 aromatic rings. The van der Waals surface area contributed by atoms with Gasteiger partial charge in [-0.05, 0) is 82.5 Å². The monoisotopic (exact) mass is 721 g/mol. The van der Waals surface area contributed by atoms with Crippen LogP contribution in [0.2, 0.25) is 0 Å². The molecule has 2 aromatic heterocycles. The molecule has 0 bridgehead atoms. The number of nitrogens with one attached hydrogen (secondary N) is 2. The van der Waals surface area contributed by atoms with E-state index >= 15 is 0 Å². The van der Waals surface area contributed by atoms with Crippen molar-refractivity contribution in [3.8, 4) is 16.5 Å². The molecule has 1 saturated heterocycles. The van der Waals surface area contributed by atoms with E-state index in [-0.39, 0.29) is 29.5 Å². The Hall–Kier alpha value is -5.14. The molecule has 6 rings (SSSR count). The molecule has 2 amide bonds. The number of amides is 2. The maximum Gasteiger partial charge on any atom is 0.237 e. The lowest BCUT2D eigenvalue weighted by molar-refractivity contribution is -0.132. The summed E-state index contributed by atoms with van der Waals surface area (Å²) in [4.78, 5) is 37.3. The highest BCUT2D eigenvalue weighted by molar-refractivity contribution is 7.18. The standard InChI is InChI=1S/C39H47N9O3S/c1-5-42-39-45-44-37(52-39)28-9-7-26(8-10-28)27-16-19-47(20-17-27)35(49)24-46-18-15-30(23-46)38(50)48(6-2)31-12-13-33(40)32(21-31)36(41)29-11-14-34(43-22-29)51-25(3)4/h7-14,16,21-22,25,30,41H,5-6,15,17-20,23-24,40H2,1-4H3,(H,42,45). The van der Waals surface area contributed by atoms with Crippen LogP contribution >= 0.6 is 11.3 Å². The number of benzene rings is 2.